The van der Waals surface area contributed by atoms with Gasteiger partial charge in [-0.1, -0.05) is 32.4 Å². The number of anilines is 1. The van der Waals surface area contributed by atoms with Crippen molar-refractivity contribution in [2.24, 2.45) is 23.7 Å². The van der Waals surface area contributed by atoms with E-state index in [2.05, 4.69) is 46.0 Å². The Morgan fingerprint density at radius 1 is 1.07 bits per heavy atom. The van der Waals surface area contributed by atoms with E-state index in [9.17, 15) is 5.11 Å². The van der Waals surface area contributed by atoms with Gasteiger partial charge in [0.15, 0.2) is 5.82 Å². The van der Waals surface area contributed by atoms with Crippen molar-refractivity contribution in [3.8, 4) is 5.82 Å². The molecule has 1 saturated heterocycles. The first-order valence-corrected chi connectivity index (χ1v) is 10.6. The Kier molecular flexibility index (Phi) is 4.46. The van der Waals surface area contributed by atoms with E-state index in [4.69, 9.17) is 0 Å². The number of piperidine rings is 1. The summed E-state index contributed by atoms with van der Waals surface area (Å²) in [5, 5.41) is 17.3. The van der Waals surface area contributed by atoms with E-state index in [1.54, 1.807) is 6.33 Å². The molecule has 1 saturated carbocycles. The maximum Gasteiger partial charge on any atom is 0.159 e. The molecule has 0 spiro atoms. The molecule has 0 aromatic carbocycles. The zero-order chi connectivity index (χ0) is 19.3. The van der Waals surface area contributed by atoms with E-state index in [1.165, 1.54) is 29.8 Å². The minimum Gasteiger partial charge on any atom is -0.392 e. The van der Waals surface area contributed by atoms with E-state index in [0.29, 0.717) is 5.92 Å². The first kappa shape index (κ1) is 17.9. The van der Waals surface area contributed by atoms with E-state index >= 15 is 0 Å². The van der Waals surface area contributed by atoms with Crippen molar-refractivity contribution in [2.75, 3.05) is 18.0 Å². The summed E-state index contributed by atoms with van der Waals surface area (Å²) in [6.07, 6.45) is 13.3. The van der Waals surface area contributed by atoms with Gasteiger partial charge in [-0.3, -0.25) is 0 Å². The largest absolute Gasteiger partial charge is 0.392 e. The maximum absolute atomic E-state index is 10.3. The summed E-state index contributed by atoms with van der Waals surface area (Å²) in [5.41, 5.74) is 0. The van der Waals surface area contributed by atoms with Crippen LogP contribution in [0, 0.1) is 23.7 Å². The molecule has 1 aliphatic heterocycles. The topological polar surface area (TPSA) is 67.1 Å². The number of nitrogens with zero attached hydrogens (tertiary/aromatic N) is 5. The number of aliphatic hydroxyl groups excluding tert-OH is 1. The fourth-order valence-corrected chi connectivity index (χ4v) is 4.97. The van der Waals surface area contributed by atoms with Crippen molar-refractivity contribution in [1.29, 1.82) is 0 Å². The van der Waals surface area contributed by atoms with E-state index in [1.807, 2.05) is 16.9 Å². The average Bonchev–Trinajstić information content (AvgIpc) is 3.08. The Morgan fingerprint density at radius 2 is 1.82 bits per heavy atom. The van der Waals surface area contributed by atoms with Gasteiger partial charge in [0.05, 0.1) is 17.6 Å². The molecule has 0 radical (unpaired) electrons. The van der Waals surface area contributed by atoms with Crippen LogP contribution in [-0.2, 0) is 0 Å². The molecule has 2 aromatic heterocycles. The molecule has 6 nitrogen and oxygen atoms in total. The van der Waals surface area contributed by atoms with Crippen LogP contribution in [0.2, 0.25) is 0 Å². The molecule has 2 unspecified atom stereocenters. The highest BCUT2D eigenvalue weighted by atomic mass is 16.3. The van der Waals surface area contributed by atoms with E-state index < -0.39 is 0 Å². The third-order valence-electron chi connectivity index (χ3n) is 6.94. The highest BCUT2D eigenvalue weighted by Crippen LogP contribution is 2.36. The van der Waals surface area contributed by atoms with Gasteiger partial charge < -0.3 is 10.0 Å². The summed E-state index contributed by atoms with van der Waals surface area (Å²) < 4.78 is 1.97. The first-order chi connectivity index (χ1) is 13.6. The fourth-order valence-electron chi connectivity index (χ4n) is 4.97. The number of rotatable bonds is 3. The monoisotopic (exact) mass is 379 g/mol. The third kappa shape index (κ3) is 3.04. The Balaban J connectivity index is 1.48. The van der Waals surface area contributed by atoms with Crippen LogP contribution in [-0.4, -0.2) is 44.0 Å². The van der Waals surface area contributed by atoms with Crippen molar-refractivity contribution in [2.45, 2.75) is 45.6 Å². The van der Waals surface area contributed by atoms with Gasteiger partial charge in [-0.25, -0.2) is 14.6 Å². The second-order valence-corrected chi connectivity index (χ2v) is 8.94. The second kappa shape index (κ2) is 6.99. The lowest BCUT2D eigenvalue weighted by Gasteiger charge is -2.39. The van der Waals surface area contributed by atoms with Crippen molar-refractivity contribution in [3.63, 3.8) is 0 Å². The van der Waals surface area contributed by atoms with Crippen molar-refractivity contribution >= 4 is 18.0 Å². The first-order valence-electron chi connectivity index (χ1n) is 10.6. The van der Waals surface area contributed by atoms with Crippen LogP contribution in [0.4, 0.5) is 5.82 Å². The Labute approximate surface area is 165 Å². The van der Waals surface area contributed by atoms with Gasteiger partial charge in [-0.05, 0) is 42.9 Å². The maximum atomic E-state index is 10.3. The zero-order valence-electron chi connectivity index (χ0n) is 16.7. The van der Waals surface area contributed by atoms with E-state index in [0.717, 1.165) is 37.1 Å². The van der Waals surface area contributed by atoms with Crippen LogP contribution in [0.1, 0.15) is 39.5 Å². The average molecular weight is 380 g/mol. The second-order valence-electron chi connectivity index (χ2n) is 8.94. The molecule has 6 heteroatoms. The molecule has 148 valence electrons. The normalized spacial score (nSPS) is 30.2. The highest BCUT2D eigenvalue weighted by Gasteiger charge is 2.31. The molecule has 2 fully saturated rings. The number of aliphatic hydroxyl groups is 1. The van der Waals surface area contributed by atoms with Gasteiger partial charge in [0.25, 0.3) is 0 Å². The van der Waals surface area contributed by atoms with Crippen LogP contribution >= 0.6 is 0 Å². The molecule has 2 aromatic rings. The molecular weight excluding hydrogens is 350 g/mol. The Bertz CT molecular complexity index is 967. The quantitative estimate of drug-likeness (QED) is 0.875. The summed E-state index contributed by atoms with van der Waals surface area (Å²) in [7, 11) is 0. The van der Waals surface area contributed by atoms with Crippen LogP contribution in [0.5, 0.6) is 0 Å². The van der Waals surface area contributed by atoms with Gasteiger partial charge in [0.2, 0.25) is 0 Å². The van der Waals surface area contributed by atoms with Crippen molar-refractivity contribution in [1.82, 2.24) is 19.7 Å². The number of aromatic nitrogens is 4. The van der Waals surface area contributed by atoms with E-state index in [-0.39, 0.29) is 17.9 Å². The van der Waals surface area contributed by atoms with Crippen molar-refractivity contribution in [3.05, 3.63) is 29.2 Å². The standard InChI is InChI=1S/C22H29N5O/c1-14-11-26(12-15(2)22(14)28)20-9-21(24-13-23-20)27-19-8-17(16-4-3-5-16)6-7-18(19)10-25-27/h7-10,13-17,22,28H,3-6,11-12H2,1-2H3/t14-,15?,17?,22-/m0/s1. The molecule has 3 heterocycles. The SMILES string of the molecule is CC1CN(c2cc(-n3ncc4c3=CC(C3CCC3)CC=4)ncn2)C[C@H](C)[C@@H]1O. The summed E-state index contributed by atoms with van der Waals surface area (Å²) in [4.78, 5) is 11.3. The van der Waals surface area contributed by atoms with Crippen molar-refractivity contribution < 1.29 is 5.11 Å². The summed E-state index contributed by atoms with van der Waals surface area (Å²) in [6, 6.07) is 2.03. The van der Waals surface area contributed by atoms with Crippen LogP contribution in [0.25, 0.3) is 18.0 Å². The van der Waals surface area contributed by atoms with Gasteiger partial charge in [-0.2, -0.15) is 5.10 Å². The number of fused-ring (bicyclic) bond motifs is 1. The molecular formula is C22H29N5O. The lowest BCUT2D eigenvalue weighted by atomic mass is 9.73. The summed E-state index contributed by atoms with van der Waals surface area (Å²) in [6.45, 7) is 5.82. The Hall–Kier alpha value is -2.21. The van der Waals surface area contributed by atoms with Gasteiger partial charge in [0.1, 0.15) is 12.1 Å². The molecule has 3 aliphatic rings. The lowest BCUT2D eigenvalue weighted by molar-refractivity contribution is 0.0527. The molecule has 28 heavy (non-hydrogen) atoms. The molecule has 0 amide bonds. The molecule has 1 N–H and O–H groups in total. The zero-order valence-corrected chi connectivity index (χ0v) is 16.7. The number of hydrogen-bond acceptors (Lipinski definition) is 5. The lowest BCUT2D eigenvalue weighted by Crippen LogP contribution is -2.47. The minimum atomic E-state index is -0.246. The highest BCUT2D eigenvalue weighted by molar-refractivity contribution is 5.46. The Morgan fingerprint density at radius 3 is 2.54 bits per heavy atom. The predicted octanol–water partition coefficient (Wildman–Crippen LogP) is 1.50. The van der Waals surface area contributed by atoms with Crippen LogP contribution < -0.4 is 15.5 Å². The minimum absolute atomic E-state index is 0.228. The predicted molar refractivity (Wildman–Crippen MR) is 109 cm³/mol. The van der Waals surface area contributed by atoms with Crippen LogP contribution in [0.15, 0.2) is 18.6 Å². The number of hydrogen-bond donors (Lipinski definition) is 1. The molecule has 4 atom stereocenters. The molecule has 5 rings (SSSR count). The van der Waals surface area contributed by atoms with Gasteiger partial charge in [0, 0.05) is 24.4 Å². The fraction of sp³-hybridized carbons (Fsp3) is 0.591. The third-order valence-corrected chi connectivity index (χ3v) is 6.94. The van der Waals surface area contributed by atoms with Crippen LogP contribution in [0.3, 0.4) is 0 Å². The summed E-state index contributed by atoms with van der Waals surface area (Å²) in [5.74, 6) is 3.64. The van der Waals surface area contributed by atoms with Gasteiger partial charge >= 0.3 is 0 Å². The smallest absolute Gasteiger partial charge is 0.159 e. The summed E-state index contributed by atoms with van der Waals surface area (Å²) >= 11 is 0. The molecule has 0 bridgehead atoms. The molecule has 2 aliphatic carbocycles. The van der Waals surface area contributed by atoms with Gasteiger partial charge in [-0.15, -0.1) is 0 Å².